The third-order valence-corrected chi connectivity index (χ3v) is 3.17. The van der Waals surface area contributed by atoms with Crippen LogP contribution < -0.4 is 5.32 Å². The number of halogens is 1. The van der Waals surface area contributed by atoms with Crippen molar-refractivity contribution in [3.63, 3.8) is 0 Å². The average molecular weight is 249 g/mol. The molecule has 1 aliphatic heterocycles. The summed E-state index contributed by atoms with van der Waals surface area (Å²) in [6.45, 7) is 3.85. The minimum Gasteiger partial charge on any atom is -0.368 e. The molecule has 0 aromatic carbocycles. The maximum atomic E-state index is 6.01. The third-order valence-electron chi connectivity index (χ3n) is 2.96. The lowest BCUT2D eigenvalue weighted by molar-refractivity contribution is 0.958. The molecule has 3 rings (SSSR count). The molecule has 5 heteroatoms. The van der Waals surface area contributed by atoms with E-state index in [9.17, 15) is 0 Å². The van der Waals surface area contributed by atoms with Crippen molar-refractivity contribution >= 4 is 28.5 Å². The van der Waals surface area contributed by atoms with Gasteiger partial charge in [0, 0.05) is 29.4 Å². The summed E-state index contributed by atoms with van der Waals surface area (Å²) < 4.78 is 0. The Hall–Kier alpha value is -1.55. The van der Waals surface area contributed by atoms with E-state index in [1.807, 2.05) is 6.07 Å². The summed E-state index contributed by atoms with van der Waals surface area (Å²) in [6, 6.07) is 1.94. The van der Waals surface area contributed by atoms with Gasteiger partial charge in [-0.05, 0) is 12.5 Å². The molecular weight excluding hydrogens is 236 g/mol. The molecule has 0 spiro atoms. The van der Waals surface area contributed by atoms with Crippen LogP contribution in [0.4, 0.5) is 0 Å². The third kappa shape index (κ3) is 1.69. The summed E-state index contributed by atoms with van der Waals surface area (Å²) in [6.07, 6.45) is 2.58. The highest BCUT2D eigenvalue weighted by Gasteiger charge is 2.18. The minimum absolute atomic E-state index is 0.652. The molecule has 88 valence electrons. The van der Waals surface area contributed by atoms with Crippen LogP contribution in [0.3, 0.4) is 0 Å². The molecule has 0 atom stereocenters. The minimum atomic E-state index is 0.652. The monoisotopic (exact) mass is 248 g/mol. The summed E-state index contributed by atoms with van der Waals surface area (Å²) in [5.41, 5.74) is 3.15. The van der Waals surface area contributed by atoms with Gasteiger partial charge < -0.3 is 10.3 Å². The zero-order valence-electron chi connectivity index (χ0n) is 9.55. The molecule has 2 aromatic heterocycles. The fourth-order valence-electron chi connectivity index (χ4n) is 2.20. The quantitative estimate of drug-likeness (QED) is 0.856. The highest BCUT2D eigenvalue weighted by Crippen LogP contribution is 2.25. The molecule has 4 nitrogen and oxygen atoms in total. The summed E-state index contributed by atoms with van der Waals surface area (Å²) in [4.78, 5) is 12.1. The number of rotatable bonds is 2. The maximum absolute atomic E-state index is 6.01. The van der Waals surface area contributed by atoms with E-state index in [1.54, 1.807) is 6.20 Å². The first-order valence-corrected chi connectivity index (χ1v) is 6.12. The van der Waals surface area contributed by atoms with Crippen LogP contribution in [-0.4, -0.2) is 28.9 Å². The Morgan fingerprint density at radius 2 is 2.35 bits per heavy atom. The van der Waals surface area contributed by atoms with Crippen molar-refractivity contribution in [3.05, 3.63) is 28.5 Å². The van der Waals surface area contributed by atoms with Crippen molar-refractivity contribution in [2.45, 2.75) is 13.3 Å². The van der Waals surface area contributed by atoms with Crippen LogP contribution in [0.15, 0.2) is 17.3 Å². The van der Waals surface area contributed by atoms with E-state index in [1.165, 1.54) is 0 Å². The van der Waals surface area contributed by atoms with Crippen LogP contribution in [0.5, 0.6) is 0 Å². The first-order chi connectivity index (χ1) is 8.29. The molecule has 0 saturated heterocycles. The summed E-state index contributed by atoms with van der Waals surface area (Å²) in [5, 5.41) is 5.00. The van der Waals surface area contributed by atoms with Gasteiger partial charge in [0.2, 0.25) is 0 Å². The largest absolute Gasteiger partial charge is 0.368 e. The molecule has 0 aliphatic carbocycles. The number of amidine groups is 1. The zero-order valence-corrected chi connectivity index (χ0v) is 10.3. The van der Waals surface area contributed by atoms with Gasteiger partial charge in [0.05, 0.1) is 11.6 Å². The van der Waals surface area contributed by atoms with Crippen molar-refractivity contribution < 1.29 is 0 Å². The zero-order chi connectivity index (χ0) is 11.8. The SMILES string of the molecule is CCc1[nH]c2ncc(Cl)cc2c1C1=NCCN1. The highest BCUT2D eigenvalue weighted by molar-refractivity contribution is 6.31. The van der Waals surface area contributed by atoms with Gasteiger partial charge in [-0.2, -0.15) is 0 Å². The lowest BCUT2D eigenvalue weighted by atomic mass is 10.1. The Kier molecular flexibility index (Phi) is 2.52. The molecule has 0 amide bonds. The normalized spacial score (nSPS) is 15.1. The Morgan fingerprint density at radius 3 is 3.06 bits per heavy atom. The number of nitrogens with zero attached hydrogens (tertiary/aromatic N) is 2. The van der Waals surface area contributed by atoms with Crippen LogP contribution >= 0.6 is 11.6 Å². The molecule has 1 aliphatic rings. The molecule has 0 bridgehead atoms. The van der Waals surface area contributed by atoms with E-state index in [0.717, 1.165) is 47.6 Å². The molecule has 0 saturated carbocycles. The summed E-state index contributed by atoms with van der Waals surface area (Å²) >= 11 is 6.01. The fourth-order valence-corrected chi connectivity index (χ4v) is 2.36. The van der Waals surface area contributed by atoms with Crippen molar-refractivity contribution in [1.82, 2.24) is 15.3 Å². The average Bonchev–Trinajstić information content (AvgIpc) is 2.93. The molecule has 3 heterocycles. The van der Waals surface area contributed by atoms with Gasteiger partial charge in [-0.15, -0.1) is 0 Å². The van der Waals surface area contributed by atoms with Crippen LogP contribution in [0.2, 0.25) is 5.02 Å². The van der Waals surface area contributed by atoms with Gasteiger partial charge in [-0.1, -0.05) is 18.5 Å². The molecule has 2 N–H and O–H groups in total. The lowest BCUT2D eigenvalue weighted by Gasteiger charge is -2.03. The van der Waals surface area contributed by atoms with Crippen LogP contribution in [0.25, 0.3) is 11.0 Å². The van der Waals surface area contributed by atoms with Crippen LogP contribution in [0.1, 0.15) is 18.2 Å². The fraction of sp³-hybridized carbons (Fsp3) is 0.333. The first-order valence-electron chi connectivity index (χ1n) is 5.74. The number of hydrogen-bond acceptors (Lipinski definition) is 3. The van der Waals surface area contributed by atoms with Gasteiger partial charge in [0.25, 0.3) is 0 Å². The summed E-state index contributed by atoms with van der Waals surface area (Å²) in [5.74, 6) is 0.956. The number of aryl methyl sites for hydroxylation is 1. The molecule has 0 radical (unpaired) electrons. The van der Waals surface area contributed by atoms with Crippen molar-refractivity contribution in [1.29, 1.82) is 0 Å². The molecule has 2 aromatic rings. The number of pyridine rings is 1. The number of H-pyrrole nitrogens is 1. The van der Waals surface area contributed by atoms with E-state index in [-0.39, 0.29) is 0 Å². The molecule has 0 fully saturated rings. The standard InChI is InChI=1S/C12H13ClN4/c1-2-9-10(12-14-3-4-15-12)8-5-7(13)6-16-11(8)17-9/h5-6H,2-4H2,1H3,(H,14,15)(H,16,17). The smallest absolute Gasteiger partial charge is 0.138 e. The number of aromatic amines is 1. The summed E-state index contributed by atoms with van der Waals surface area (Å²) in [7, 11) is 0. The number of aliphatic imine (C=N–C) groups is 1. The van der Waals surface area contributed by atoms with E-state index >= 15 is 0 Å². The Morgan fingerprint density at radius 1 is 1.47 bits per heavy atom. The first kappa shape index (κ1) is 10.6. The Bertz CT molecular complexity index is 600. The lowest BCUT2D eigenvalue weighted by Crippen LogP contribution is -2.20. The van der Waals surface area contributed by atoms with E-state index in [0.29, 0.717) is 5.02 Å². The second-order valence-electron chi connectivity index (χ2n) is 4.04. The number of aromatic nitrogens is 2. The predicted molar refractivity (Wildman–Crippen MR) is 69.9 cm³/mol. The Labute approximate surface area is 104 Å². The van der Waals surface area contributed by atoms with Crippen molar-refractivity contribution in [2.75, 3.05) is 13.1 Å². The van der Waals surface area contributed by atoms with Gasteiger partial charge >= 0.3 is 0 Å². The molecular formula is C12H13ClN4. The second kappa shape index (κ2) is 4.04. The highest BCUT2D eigenvalue weighted by atomic mass is 35.5. The van der Waals surface area contributed by atoms with E-state index < -0.39 is 0 Å². The van der Waals surface area contributed by atoms with Crippen LogP contribution in [-0.2, 0) is 6.42 Å². The number of hydrogen-bond donors (Lipinski definition) is 2. The number of nitrogens with one attached hydrogen (secondary N) is 2. The number of fused-ring (bicyclic) bond motifs is 1. The van der Waals surface area contributed by atoms with Gasteiger partial charge in [0.1, 0.15) is 11.5 Å². The van der Waals surface area contributed by atoms with E-state index in [2.05, 4.69) is 27.2 Å². The van der Waals surface area contributed by atoms with Gasteiger partial charge in [-0.3, -0.25) is 4.99 Å². The van der Waals surface area contributed by atoms with Crippen molar-refractivity contribution in [2.24, 2.45) is 4.99 Å². The maximum Gasteiger partial charge on any atom is 0.138 e. The second-order valence-corrected chi connectivity index (χ2v) is 4.48. The predicted octanol–water partition coefficient (Wildman–Crippen LogP) is 2.13. The molecule has 0 unspecified atom stereocenters. The molecule has 17 heavy (non-hydrogen) atoms. The van der Waals surface area contributed by atoms with Gasteiger partial charge in [0.15, 0.2) is 0 Å². The van der Waals surface area contributed by atoms with Gasteiger partial charge in [-0.25, -0.2) is 4.98 Å². The van der Waals surface area contributed by atoms with Crippen molar-refractivity contribution in [3.8, 4) is 0 Å². The van der Waals surface area contributed by atoms with E-state index in [4.69, 9.17) is 11.6 Å². The Balaban J connectivity index is 2.28. The van der Waals surface area contributed by atoms with Crippen LogP contribution in [0, 0.1) is 0 Å². The topological polar surface area (TPSA) is 53.1 Å².